The Labute approximate surface area is 153 Å². The van der Waals surface area contributed by atoms with Gasteiger partial charge < -0.3 is 9.80 Å². The van der Waals surface area contributed by atoms with E-state index in [0.29, 0.717) is 0 Å². The van der Waals surface area contributed by atoms with E-state index in [1.807, 2.05) is 6.07 Å². The van der Waals surface area contributed by atoms with Gasteiger partial charge in [-0.1, -0.05) is 30.8 Å². The van der Waals surface area contributed by atoms with Crippen molar-refractivity contribution in [3.8, 4) is 0 Å². The van der Waals surface area contributed by atoms with E-state index < -0.39 is 0 Å². The fourth-order valence-electron chi connectivity index (χ4n) is 3.61. The Morgan fingerprint density at radius 3 is 2.40 bits per heavy atom. The van der Waals surface area contributed by atoms with E-state index in [1.165, 1.54) is 10.6 Å². The molecule has 0 unspecified atom stereocenters. The molecule has 0 aromatic heterocycles. The second-order valence-corrected chi connectivity index (χ2v) is 7.69. The van der Waals surface area contributed by atoms with Crippen molar-refractivity contribution < 1.29 is 4.39 Å². The highest BCUT2D eigenvalue weighted by Gasteiger charge is 2.24. The minimum absolute atomic E-state index is 0.166. The number of hydrogen-bond acceptors (Lipinski definition) is 4. The lowest BCUT2D eigenvalue weighted by Gasteiger charge is -2.37. The van der Waals surface area contributed by atoms with Crippen LogP contribution in [0.25, 0.3) is 0 Å². The number of para-hydroxylation sites is 1. The highest BCUT2D eigenvalue weighted by molar-refractivity contribution is 7.99. The summed E-state index contributed by atoms with van der Waals surface area (Å²) in [6.45, 7) is 9.79. The van der Waals surface area contributed by atoms with Gasteiger partial charge in [0, 0.05) is 49.1 Å². The minimum Gasteiger partial charge on any atom is -0.338 e. The normalized spacial score (nSPS) is 18.1. The van der Waals surface area contributed by atoms with Crippen LogP contribution in [0.15, 0.2) is 52.3 Å². The molecule has 0 atom stereocenters. The zero-order valence-electron chi connectivity index (χ0n) is 14.6. The molecule has 2 aliphatic rings. The van der Waals surface area contributed by atoms with Crippen LogP contribution >= 0.6 is 11.8 Å². The van der Waals surface area contributed by atoms with E-state index in [2.05, 4.69) is 45.9 Å². The van der Waals surface area contributed by atoms with Crippen LogP contribution < -0.4 is 4.90 Å². The lowest BCUT2D eigenvalue weighted by molar-refractivity contribution is 0.140. The van der Waals surface area contributed by atoms with Crippen molar-refractivity contribution in [2.45, 2.75) is 16.7 Å². The molecule has 5 heteroatoms. The summed E-state index contributed by atoms with van der Waals surface area (Å²) < 4.78 is 13.9. The number of hydrogen-bond donors (Lipinski definition) is 0. The number of rotatable bonds is 4. The van der Waals surface area contributed by atoms with Crippen molar-refractivity contribution in [3.05, 3.63) is 48.3 Å². The Balaban J connectivity index is 1.53. The monoisotopic (exact) mass is 357 g/mol. The number of piperazine rings is 1. The predicted molar refractivity (Wildman–Crippen MR) is 103 cm³/mol. The molecule has 3 nitrogen and oxygen atoms in total. The number of halogens is 1. The first-order valence-corrected chi connectivity index (χ1v) is 9.85. The third-order valence-corrected chi connectivity index (χ3v) is 6.27. The smallest absolute Gasteiger partial charge is 0.125 e. The van der Waals surface area contributed by atoms with E-state index in [9.17, 15) is 4.39 Å². The van der Waals surface area contributed by atoms with E-state index in [-0.39, 0.29) is 5.82 Å². The first kappa shape index (κ1) is 16.9. The van der Waals surface area contributed by atoms with Crippen LogP contribution in [0.1, 0.15) is 6.92 Å². The SMILES string of the molecule is CCN1CCN(CCN2c3ccccc3Sc3ccc(F)cc32)CC1. The number of anilines is 2. The molecular formula is C20H24FN3S. The summed E-state index contributed by atoms with van der Waals surface area (Å²) in [6.07, 6.45) is 0. The minimum atomic E-state index is -0.166. The third kappa shape index (κ3) is 3.54. The zero-order chi connectivity index (χ0) is 17.2. The Morgan fingerprint density at radius 1 is 0.880 bits per heavy atom. The molecule has 2 aromatic rings. The quantitative estimate of drug-likeness (QED) is 0.816. The fraction of sp³-hybridized carbons (Fsp3) is 0.400. The topological polar surface area (TPSA) is 9.72 Å². The number of fused-ring (bicyclic) bond motifs is 2. The van der Waals surface area contributed by atoms with Gasteiger partial charge in [-0.25, -0.2) is 4.39 Å². The van der Waals surface area contributed by atoms with Crippen LogP contribution in [0, 0.1) is 5.82 Å². The van der Waals surface area contributed by atoms with Gasteiger partial charge in [-0.05, 0) is 36.9 Å². The number of likely N-dealkylation sites (N-methyl/N-ethyl adjacent to an activating group) is 1. The molecule has 0 spiro atoms. The Hall–Kier alpha value is -1.56. The van der Waals surface area contributed by atoms with Gasteiger partial charge in [-0.2, -0.15) is 0 Å². The Morgan fingerprint density at radius 2 is 1.60 bits per heavy atom. The van der Waals surface area contributed by atoms with Crippen LogP contribution in [0.2, 0.25) is 0 Å². The maximum atomic E-state index is 13.9. The molecular weight excluding hydrogens is 333 g/mol. The summed E-state index contributed by atoms with van der Waals surface area (Å²) in [4.78, 5) is 9.69. The van der Waals surface area contributed by atoms with E-state index in [1.54, 1.807) is 23.9 Å². The maximum absolute atomic E-state index is 13.9. The van der Waals surface area contributed by atoms with Crippen molar-refractivity contribution in [1.29, 1.82) is 0 Å². The first-order chi connectivity index (χ1) is 12.2. The average molecular weight is 357 g/mol. The fourth-order valence-corrected chi connectivity index (χ4v) is 4.69. The highest BCUT2D eigenvalue weighted by atomic mass is 32.2. The standard InChI is InChI=1S/C20H24FN3S/c1-2-22-9-11-23(12-10-22)13-14-24-17-5-3-4-6-19(17)25-20-8-7-16(21)15-18(20)24/h3-8,15H,2,9-14H2,1H3. The van der Waals surface area contributed by atoms with Crippen molar-refractivity contribution in [3.63, 3.8) is 0 Å². The van der Waals surface area contributed by atoms with Crippen molar-refractivity contribution in [2.24, 2.45) is 0 Å². The molecule has 1 fully saturated rings. The average Bonchev–Trinajstić information content (AvgIpc) is 2.66. The maximum Gasteiger partial charge on any atom is 0.125 e. The summed E-state index contributed by atoms with van der Waals surface area (Å²) in [7, 11) is 0. The second-order valence-electron chi connectivity index (χ2n) is 6.61. The van der Waals surface area contributed by atoms with Crippen LogP contribution in [0.5, 0.6) is 0 Å². The molecule has 0 saturated carbocycles. The van der Waals surface area contributed by atoms with Gasteiger partial charge in [0.15, 0.2) is 0 Å². The van der Waals surface area contributed by atoms with Gasteiger partial charge in [0.05, 0.1) is 11.4 Å². The van der Waals surface area contributed by atoms with Gasteiger partial charge in [-0.3, -0.25) is 4.90 Å². The van der Waals surface area contributed by atoms with Crippen molar-refractivity contribution >= 4 is 23.1 Å². The lowest BCUT2D eigenvalue weighted by Crippen LogP contribution is -2.48. The molecule has 2 aliphatic heterocycles. The van der Waals surface area contributed by atoms with Crippen LogP contribution in [0.4, 0.5) is 15.8 Å². The van der Waals surface area contributed by atoms with Crippen molar-refractivity contribution in [1.82, 2.24) is 9.80 Å². The molecule has 0 aliphatic carbocycles. The highest BCUT2D eigenvalue weighted by Crippen LogP contribution is 2.47. The molecule has 1 saturated heterocycles. The first-order valence-electron chi connectivity index (χ1n) is 9.03. The second kappa shape index (κ2) is 7.36. The lowest BCUT2D eigenvalue weighted by atomic mass is 10.2. The summed E-state index contributed by atoms with van der Waals surface area (Å²) in [5, 5.41) is 0. The summed E-state index contributed by atoms with van der Waals surface area (Å²) >= 11 is 1.73. The van der Waals surface area contributed by atoms with Gasteiger partial charge in [-0.15, -0.1) is 0 Å². The molecule has 0 radical (unpaired) electrons. The molecule has 0 N–H and O–H groups in total. The number of benzene rings is 2. The van der Waals surface area contributed by atoms with Gasteiger partial charge in [0.25, 0.3) is 0 Å². The summed E-state index contributed by atoms with van der Waals surface area (Å²) in [5.41, 5.74) is 2.19. The van der Waals surface area contributed by atoms with Crippen LogP contribution in [-0.2, 0) is 0 Å². The van der Waals surface area contributed by atoms with E-state index >= 15 is 0 Å². The van der Waals surface area contributed by atoms with Gasteiger partial charge in [0.1, 0.15) is 5.82 Å². The van der Waals surface area contributed by atoms with Crippen LogP contribution in [-0.4, -0.2) is 55.6 Å². The van der Waals surface area contributed by atoms with Gasteiger partial charge >= 0.3 is 0 Å². The molecule has 132 valence electrons. The van der Waals surface area contributed by atoms with Crippen LogP contribution in [0.3, 0.4) is 0 Å². The van der Waals surface area contributed by atoms with E-state index in [0.717, 1.165) is 56.4 Å². The third-order valence-electron chi connectivity index (χ3n) is 5.14. The Bertz CT molecular complexity index is 743. The van der Waals surface area contributed by atoms with Gasteiger partial charge in [0.2, 0.25) is 0 Å². The molecule has 2 heterocycles. The number of nitrogens with zero attached hydrogens (tertiary/aromatic N) is 3. The largest absolute Gasteiger partial charge is 0.338 e. The molecule has 4 rings (SSSR count). The summed E-state index contributed by atoms with van der Waals surface area (Å²) in [6, 6.07) is 13.6. The zero-order valence-corrected chi connectivity index (χ0v) is 15.4. The predicted octanol–water partition coefficient (Wildman–Crippen LogP) is 4.07. The Kier molecular flexibility index (Phi) is 4.97. The molecule has 0 bridgehead atoms. The van der Waals surface area contributed by atoms with Crippen molar-refractivity contribution in [2.75, 3.05) is 50.7 Å². The van der Waals surface area contributed by atoms with E-state index in [4.69, 9.17) is 0 Å². The molecule has 2 aromatic carbocycles. The molecule has 25 heavy (non-hydrogen) atoms. The molecule has 0 amide bonds. The summed E-state index contributed by atoms with van der Waals surface area (Å²) in [5.74, 6) is -0.166.